The van der Waals surface area contributed by atoms with Crippen molar-refractivity contribution >= 4 is 5.91 Å². The molecule has 1 amide bonds. The summed E-state index contributed by atoms with van der Waals surface area (Å²) in [4.78, 5) is 10.9. The number of aryl methyl sites for hydroxylation is 1. The van der Waals surface area contributed by atoms with Crippen molar-refractivity contribution in [2.45, 2.75) is 32.1 Å². The van der Waals surface area contributed by atoms with Gasteiger partial charge >= 0.3 is 0 Å². The molecule has 0 saturated carbocycles. The summed E-state index contributed by atoms with van der Waals surface area (Å²) in [5.74, 6) is 2.10. The Kier molecular flexibility index (Phi) is 4.30. The van der Waals surface area contributed by atoms with E-state index >= 15 is 0 Å². The number of hydrogen-bond acceptors (Lipinski definition) is 3. The Balaban J connectivity index is 2.19. The first-order valence-corrected chi connectivity index (χ1v) is 6.65. The molecule has 0 radical (unpaired) electrons. The lowest BCUT2D eigenvalue weighted by atomic mass is 9.96. The number of rotatable bonds is 5. The van der Waals surface area contributed by atoms with Crippen LogP contribution in [0.15, 0.2) is 12.1 Å². The molecule has 2 rings (SSSR count). The SMILES string of the molecule is COc1ccc2c(c1OC)[C@@H](CCNC(C)=O)CC2. The van der Waals surface area contributed by atoms with E-state index in [1.807, 2.05) is 6.07 Å². The highest BCUT2D eigenvalue weighted by molar-refractivity contribution is 5.72. The van der Waals surface area contributed by atoms with Gasteiger partial charge in [0.05, 0.1) is 14.2 Å². The summed E-state index contributed by atoms with van der Waals surface area (Å²) in [6.45, 7) is 2.26. The van der Waals surface area contributed by atoms with Crippen LogP contribution in [0.3, 0.4) is 0 Å². The van der Waals surface area contributed by atoms with Crippen molar-refractivity contribution in [3.05, 3.63) is 23.3 Å². The fraction of sp³-hybridized carbons (Fsp3) is 0.533. The lowest BCUT2D eigenvalue weighted by Crippen LogP contribution is -2.22. The van der Waals surface area contributed by atoms with Crippen LogP contribution in [0.25, 0.3) is 0 Å². The van der Waals surface area contributed by atoms with Crippen LogP contribution in [0.2, 0.25) is 0 Å². The summed E-state index contributed by atoms with van der Waals surface area (Å²) in [5.41, 5.74) is 2.60. The first-order chi connectivity index (χ1) is 9.17. The van der Waals surface area contributed by atoms with Gasteiger partial charge in [0.25, 0.3) is 0 Å². The summed E-state index contributed by atoms with van der Waals surface area (Å²) in [5, 5.41) is 2.86. The molecule has 0 bridgehead atoms. The Morgan fingerprint density at radius 3 is 2.79 bits per heavy atom. The normalized spacial score (nSPS) is 16.9. The predicted octanol–water partition coefficient (Wildman–Crippen LogP) is 2.26. The average Bonchev–Trinajstić information content (AvgIpc) is 2.80. The molecule has 1 aliphatic carbocycles. The van der Waals surface area contributed by atoms with Crippen molar-refractivity contribution in [1.82, 2.24) is 5.32 Å². The Morgan fingerprint density at radius 1 is 1.37 bits per heavy atom. The van der Waals surface area contributed by atoms with E-state index in [-0.39, 0.29) is 5.91 Å². The third kappa shape index (κ3) is 2.83. The molecule has 1 N–H and O–H groups in total. The van der Waals surface area contributed by atoms with E-state index in [2.05, 4.69) is 11.4 Å². The van der Waals surface area contributed by atoms with Crippen LogP contribution in [0.1, 0.15) is 36.8 Å². The molecule has 0 aromatic heterocycles. The molecule has 104 valence electrons. The van der Waals surface area contributed by atoms with Gasteiger partial charge in [-0.15, -0.1) is 0 Å². The molecule has 19 heavy (non-hydrogen) atoms. The van der Waals surface area contributed by atoms with Gasteiger partial charge in [-0.25, -0.2) is 0 Å². The summed E-state index contributed by atoms with van der Waals surface area (Å²) < 4.78 is 10.9. The predicted molar refractivity (Wildman–Crippen MR) is 73.9 cm³/mol. The maximum atomic E-state index is 10.9. The van der Waals surface area contributed by atoms with Crippen LogP contribution >= 0.6 is 0 Å². The number of carbonyl (C=O) groups is 1. The molecule has 1 atom stereocenters. The number of fused-ring (bicyclic) bond motifs is 1. The second-order valence-corrected chi connectivity index (χ2v) is 4.88. The van der Waals surface area contributed by atoms with Crippen LogP contribution in [0.5, 0.6) is 11.5 Å². The van der Waals surface area contributed by atoms with Crippen LogP contribution in [-0.2, 0) is 11.2 Å². The zero-order chi connectivity index (χ0) is 13.8. The standard InChI is InChI=1S/C15H21NO3/c1-10(17)16-9-8-12-5-4-11-6-7-13(18-2)15(19-3)14(11)12/h6-7,12H,4-5,8-9H2,1-3H3,(H,16,17)/t12-/m1/s1. The molecule has 0 unspecified atom stereocenters. The maximum Gasteiger partial charge on any atom is 0.216 e. The van der Waals surface area contributed by atoms with E-state index < -0.39 is 0 Å². The number of hydrogen-bond donors (Lipinski definition) is 1. The van der Waals surface area contributed by atoms with Crippen molar-refractivity contribution in [2.24, 2.45) is 0 Å². The summed E-state index contributed by atoms with van der Waals surface area (Å²) in [6.07, 6.45) is 3.12. The number of methoxy groups -OCH3 is 2. The first-order valence-electron chi connectivity index (χ1n) is 6.65. The minimum Gasteiger partial charge on any atom is -0.493 e. The summed E-state index contributed by atoms with van der Waals surface area (Å²) in [6, 6.07) is 4.09. The highest BCUT2D eigenvalue weighted by atomic mass is 16.5. The van der Waals surface area contributed by atoms with Gasteiger partial charge < -0.3 is 14.8 Å². The minimum atomic E-state index is 0.0239. The topological polar surface area (TPSA) is 47.6 Å². The van der Waals surface area contributed by atoms with Gasteiger partial charge in [-0.05, 0) is 36.8 Å². The number of carbonyl (C=O) groups excluding carboxylic acids is 1. The second-order valence-electron chi connectivity index (χ2n) is 4.88. The van der Waals surface area contributed by atoms with Crippen molar-refractivity contribution in [1.29, 1.82) is 0 Å². The monoisotopic (exact) mass is 263 g/mol. The summed E-state index contributed by atoms with van der Waals surface area (Å²) >= 11 is 0. The van der Waals surface area contributed by atoms with Gasteiger partial charge in [0.1, 0.15) is 0 Å². The highest BCUT2D eigenvalue weighted by Gasteiger charge is 2.28. The van der Waals surface area contributed by atoms with Gasteiger partial charge in [0, 0.05) is 19.0 Å². The average molecular weight is 263 g/mol. The van der Waals surface area contributed by atoms with Crippen molar-refractivity contribution in [3.8, 4) is 11.5 Å². The van der Waals surface area contributed by atoms with Crippen LogP contribution in [0, 0.1) is 0 Å². The second kappa shape index (κ2) is 5.95. The van der Waals surface area contributed by atoms with Gasteiger partial charge in [-0.1, -0.05) is 6.07 Å². The van der Waals surface area contributed by atoms with Gasteiger partial charge in [0.15, 0.2) is 11.5 Å². The molecule has 0 spiro atoms. The largest absolute Gasteiger partial charge is 0.493 e. The smallest absolute Gasteiger partial charge is 0.216 e. The Bertz CT molecular complexity index is 471. The Hall–Kier alpha value is -1.71. The molecule has 0 fully saturated rings. The van der Waals surface area contributed by atoms with E-state index in [1.54, 1.807) is 21.1 Å². The quantitative estimate of drug-likeness (QED) is 0.886. The molecule has 0 saturated heterocycles. The number of amides is 1. The molecule has 4 nitrogen and oxygen atoms in total. The molecule has 1 aliphatic rings. The molecule has 0 aliphatic heterocycles. The van der Waals surface area contributed by atoms with Gasteiger partial charge in [-0.3, -0.25) is 4.79 Å². The minimum absolute atomic E-state index is 0.0239. The van der Waals surface area contributed by atoms with Crippen LogP contribution in [0.4, 0.5) is 0 Å². The van der Waals surface area contributed by atoms with E-state index in [0.717, 1.165) is 30.8 Å². The molecular weight excluding hydrogens is 242 g/mol. The van der Waals surface area contributed by atoms with E-state index in [4.69, 9.17) is 9.47 Å². The first kappa shape index (κ1) is 13.7. The molecule has 0 heterocycles. The van der Waals surface area contributed by atoms with Crippen molar-refractivity contribution in [2.75, 3.05) is 20.8 Å². The highest BCUT2D eigenvalue weighted by Crippen LogP contribution is 2.45. The Labute approximate surface area is 114 Å². The van der Waals surface area contributed by atoms with E-state index in [1.165, 1.54) is 11.1 Å². The van der Waals surface area contributed by atoms with E-state index in [0.29, 0.717) is 12.5 Å². The molecule has 4 heteroatoms. The number of benzene rings is 1. The van der Waals surface area contributed by atoms with Crippen molar-refractivity contribution < 1.29 is 14.3 Å². The fourth-order valence-electron chi connectivity index (χ4n) is 2.84. The van der Waals surface area contributed by atoms with Crippen LogP contribution in [-0.4, -0.2) is 26.7 Å². The van der Waals surface area contributed by atoms with E-state index in [9.17, 15) is 4.79 Å². The van der Waals surface area contributed by atoms with Crippen molar-refractivity contribution in [3.63, 3.8) is 0 Å². The lowest BCUT2D eigenvalue weighted by Gasteiger charge is -2.17. The zero-order valence-electron chi connectivity index (χ0n) is 11.8. The molecule has 1 aromatic rings. The number of ether oxygens (including phenoxy) is 2. The summed E-state index contributed by atoms with van der Waals surface area (Å²) in [7, 11) is 3.34. The van der Waals surface area contributed by atoms with Gasteiger partial charge in [0.2, 0.25) is 5.91 Å². The molecule has 1 aromatic carbocycles. The van der Waals surface area contributed by atoms with Gasteiger partial charge in [-0.2, -0.15) is 0 Å². The lowest BCUT2D eigenvalue weighted by molar-refractivity contribution is -0.118. The molecular formula is C15H21NO3. The maximum absolute atomic E-state index is 10.9. The van der Waals surface area contributed by atoms with Crippen LogP contribution < -0.4 is 14.8 Å². The Morgan fingerprint density at radius 2 is 2.16 bits per heavy atom. The zero-order valence-corrected chi connectivity index (χ0v) is 11.8. The third-order valence-electron chi connectivity index (χ3n) is 3.71. The third-order valence-corrected chi connectivity index (χ3v) is 3.71. The fourth-order valence-corrected chi connectivity index (χ4v) is 2.84. The number of nitrogens with one attached hydrogen (secondary N) is 1.